The molecule has 1 aromatic heterocycles. The predicted molar refractivity (Wildman–Crippen MR) is 141 cm³/mol. The highest BCUT2D eigenvalue weighted by molar-refractivity contribution is 5.84. The van der Waals surface area contributed by atoms with Gasteiger partial charge in [-0.2, -0.15) is 4.39 Å². The minimum absolute atomic E-state index is 0.129. The number of nitro groups is 1. The first-order valence-corrected chi connectivity index (χ1v) is 13.1. The lowest BCUT2D eigenvalue weighted by molar-refractivity contribution is -0.384. The number of hydrogen-bond acceptors (Lipinski definition) is 7. The topological polar surface area (TPSA) is 98.6 Å². The van der Waals surface area contributed by atoms with Crippen LogP contribution in [0.15, 0.2) is 47.3 Å². The summed E-state index contributed by atoms with van der Waals surface area (Å²) in [4.78, 5) is 29.8. The van der Waals surface area contributed by atoms with E-state index >= 15 is 0 Å². The number of fused-ring (bicyclic) bond motifs is 1. The van der Waals surface area contributed by atoms with Crippen LogP contribution in [-0.2, 0) is 0 Å². The maximum absolute atomic E-state index is 14.2. The number of rotatable bonds is 4. The first-order chi connectivity index (χ1) is 17.9. The Morgan fingerprint density at radius 3 is 2.30 bits per heavy atom. The van der Waals surface area contributed by atoms with Crippen molar-refractivity contribution in [1.82, 2.24) is 15.1 Å². The van der Waals surface area contributed by atoms with Crippen LogP contribution in [0, 0.1) is 21.5 Å². The van der Waals surface area contributed by atoms with E-state index in [0.717, 1.165) is 63.5 Å². The third kappa shape index (κ3) is 4.54. The summed E-state index contributed by atoms with van der Waals surface area (Å²) in [6.07, 6.45) is 5.96. The lowest BCUT2D eigenvalue weighted by atomic mass is 9.76. The van der Waals surface area contributed by atoms with E-state index < -0.39 is 5.95 Å². The highest BCUT2D eigenvalue weighted by atomic mass is 19.1. The van der Waals surface area contributed by atoms with Gasteiger partial charge in [0.15, 0.2) is 0 Å². The maximum Gasteiger partial charge on any atom is 0.272 e. The lowest BCUT2D eigenvalue weighted by Gasteiger charge is -2.42. The summed E-state index contributed by atoms with van der Waals surface area (Å²) < 4.78 is 14.2. The number of halogens is 1. The van der Waals surface area contributed by atoms with Gasteiger partial charge in [-0.1, -0.05) is 0 Å². The zero-order valence-electron chi connectivity index (χ0n) is 20.7. The largest absolute Gasteiger partial charge is 0.371 e. The van der Waals surface area contributed by atoms with Gasteiger partial charge in [0.2, 0.25) is 5.95 Å². The molecule has 6 rings (SSSR count). The van der Waals surface area contributed by atoms with Crippen molar-refractivity contribution in [3.05, 3.63) is 68.9 Å². The Labute approximate surface area is 214 Å². The molecule has 194 valence electrons. The van der Waals surface area contributed by atoms with Gasteiger partial charge in [0.25, 0.3) is 11.2 Å². The molecule has 2 aliphatic heterocycles. The normalized spacial score (nSPS) is 22.1. The SMILES string of the molecule is O=c1[nH]nc(F)c2cc(N3CCC4(CCC(N5CCN(c6ccc([N+](=O)[O-])cc6)CC5)C4)CC3)ccc12. The van der Waals surface area contributed by atoms with Crippen LogP contribution in [0.25, 0.3) is 10.8 Å². The van der Waals surface area contributed by atoms with E-state index in [1.54, 1.807) is 24.3 Å². The third-order valence-corrected chi connectivity index (χ3v) is 8.85. The van der Waals surface area contributed by atoms with E-state index in [1.165, 1.54) is 19.3 Å². The van der Waals surface area contributed by atoms with Gasteiger partial charge in [-0.25, -0.2) is 5.10 Å². The fraction of sp³-hybridized carbons (Fsp3) is 0.481. The zero-order chi connectivity index (χ0) is 25.6. The first kappa shape index (κ1) is 23.8. The summed E-state index contributed by atoms with van der Waals surface area (Å²) in [7, 11) is 0. The number of H-pyrrole nitrogens is 1. The number of nitrogens with one attached hydrogen (secondary N) is 1. The van der Waals surface area contributed by atoms with Crippen LogP contribution in [0.1, 0.15) is 32.1 Å². The molecule has 0 radical (unpaired) electrons. The maximum atomic E-state index is 14.2. The fourth-order valence-electron chi connectivity index (χ4n) is 6.63. The van der Waals surface area contributed by atoms with Crippen molar-refractivity contribution < 1.29 is 9.31 Å². The van der Waals surface area contributed by atoms with Crippen LogP contribution in [0.4, 0.5) is 21.5 Å². The van der Waals surface area contributed by atoms with Crippen molar-refractivity contribution in [2.24, 2.45) is 5.41 Å². The highest BCUT2D eigenvalue weighted by Crippen LogP contribution is 2.48. The molecule has 0 amide bonds. The second kappa shape index (κ2) is 9.41. The molecule has 1 saturated carbocycles. The summed E-state index contributed by atoms with van der Waals surface area (Å²) in [6, 6.07) is 12.8. The molecule has 1 aliphatic carbocycles. The molecule has 2 saturated heterocycles. The Balaban J connectivity index is 1.04. The molecule has 3 fully saturated rings. The number of piperidine rings is 1. The van der Waals surface area contributed by atoms with Gasteiger partial charge in [0.1, 0.15) is 0 Å². The van der Waals surface area contributed by atoms with E-state index in [-0.39, 0.29) is 21.6 Å². The quantitative estimate of drug-likeness (QED) is 0.423. The van der Waals surface area contributed by atoms with Crippen LogP contribution in [0.3, 0.4) is 0 Å². The molecule has 3 heterocycles. The van der Waals surface area contributed by atoms with Crippen LogP contribution >= 0.6 is 0 Å². The molecular weight excluding hydrogens is 475 g/mol. The van der Waals surface area contributed by atoms with Gasteiger partial charge in [-0.15, -0.1) is 5.10 Å². The molecule has 1 atom stereocenters. The second-order valence-corrected chi connectivity index (χ2v) is 10.8. The van der Waals surface area contributed by atoms with Gasteiger partial charge >= 0.3 is 0 Å². The molecule has 1 unspecified atom stereocenters. The number of aromatic nitrogens is 2. The van der Waals surface area contributed by atoms with Gasteiger partial charge in [0, 0.05) is 74.2 Å². The van der Waals surface area contributed by atoms with Crippen molar-refractivity contribution >= 4 is 27.8 Å². The molecule has 3 aliphatic rings. The van der Waals surface area contributed by atoms with Gasteiger partial charge in [-0.05, 0) is 67.9 Å². The number of benzene rings is 2. The van der Waals surface area contributed by atoms with Crippen molar-refractivity contribution in [1.29, 1.82) is 0 Å². The summed E-state index contributed by atoms with van der Waals surface area (Å²) in [5.41, 5.74) is 2.13. The van der Waals surface area contributed by atoms with Crippen molar-refractivity contribution in [3.8, 4) is 0 Å². The van der Waals surface area contributed by atoms with E-state index in [1.807, 2.05) is 18.2 Å². The average molecular weight is 507 g/mol. The van der Waals surface area contributed by atoms with Gasteiger partial charge in [0.05, 0.1) is 10.3 Å². The molecule has 0 bridgehead atoms. The summed E-state index contributed by atoms with van der Waals surface area (Å²) in [6.45, 7) is 5.77. The molecular formula is C27H31FN6O3. The standard InChI is InChI=1S/C27H31FN6O3/c28-25-24-17-21(5-6-23(24)26(35)30-29-25)31-11-9-27(10-12-31)8-7-22(18-27)33-15-13-32(14-16-33)19-1-3-20(4-2-19)34(36)37/h1-6,17,22H,7-16,18H2,(H,30,35). The van der Waals surface area contributed by atoms with Gasteiger partial charge in [-0.3, -0.25) is 19.8 Å². The summed E-state index contributed by atoms with van der Waals surface area (Å²) >= 11 is 0. The van der Waals surface area contributed by atoms with E-state index in [2.05, 4.69) is 24.9 Å². The average Bonchev–Trinajstić information content (AvgIpc) is 3.34. The number of nitrogens with zero attached hydrogens (tertiary/aromatic N) is 5. The Morgan fingerprint density at radius 2 is 1.59 bits per heavy atom. The number of anilines is 2. The van der Waals surface area contributed by atoms with Gasteiger partial charge < -0.3 is 9.80 Å². The Bertz CT molecular complexity index is 1360. The molecule has 10 heteroatoms. The number of nitro benzene ring substituents is 1. The molecule has 1 N–H and O–H groups in total. The monoisotopic (exact) mass is 506 g/mol. The van der Waals surface area contributed by atoms with E-state index in [4.69, 9.17) is 0 Å². The smallest absolute Gasteiger partial charge is 0.272 e. The van der Waals surface area contributed by atoms with Crippen molar-refractivity contribution in [2.75, 3.05) is 49.1 Å². The fourth-order valence-corrected chi connectivity index (χ4v) is 6.63. The Hall–Kier alpha value is -3.53. The first-order valence-electron chi connectivity index (χ1n) is 13.1. The van der Waals surface area contributed by atoms with E-state index in [0.29, 0.717) is 16.8 Å². The summed E-state index contributed by atoms with van der Waals surface area (Å²) in [5, 5.41) is 17.2. The number of aromatic amines is 1. The molecule has 37 heavy (non-hydrogen) atoms. The number of non-ortho nitro benzene ring substituents is 1. The predicted octanol–water partition coefficient (Wildman–Crippen LogP) is 3.93. The van der Waals surface area contributed by atoms with Crippen molar-refractivity contribution in [2.45, 2.75) is 38.1 Å². The van der Waals surface area contributed by atoms with Crippen LogP contribution < -0.4 is 15.4 Å². The molecule has 1 spiro atoms. The second-order valence-electron chi connectivity index (χ2n) is 10.8. The minimum atomic E-state index is -0.641. The lowest BCUT2D eigenvalue weighted by Crippen LogP contribution is -2.50. The zero-order valence-corrected chi connectivity index (χ0v) is 20.7. The van der Waals surface area contributed by atoms with E-state index in [9.17, 15) is 19.3 Å². The molecule has 2 aromatic carbocycles. The third-order valence-electron chi connectivity index (χ3n) is 8.85. The summed E-state index contributed by atoms with van der Waals surface area (Å²) in [5.74, 6) is -0.641. The van der Waals surface area contributed by atoms with Crippen LogP contribution in [0.5, 0.6) is 0 Å². The van der Waals surface area contributed by atoms with Crippen LogP contribution in [-0.4, -0.2) is 65.3 Å². The number of piperazine rings is 1. The van der Waals surface area contributed by atoms with Crippen LogP contribution in [0.2, 0.25) is 0 Å². The highest BCUT2D eigenvalue weighted by Gasteiger charge is 2.43. The van der Waals surface area contributed by atoms with Crippen molar-refractivity contribution in [3.63, 3.8) is 0 Å². The molecule has 3 aromatic rings. The minimum Gasteiger partial charge on any atom is -0.371 e. The molecule has 9 nitrogen and oxygen atoms in total. The Morgan fingerprint density at radius 1 is 0.919 bits per heavy atom. The Kier molecular flexibility index (Phi) is 6.06. The number of hydrogen-bond donors (Lipinski definition) is 1.